The smallest absolute Gasteiger partial charge is 0.220 e. The highest BCUT2D eigenvalue weighted by molar-refractivity contribution is 5.83. The summed E-state index contributed by atoms with van der Waals surface area (Å²) in [6.45, 7) is 2.84. The van der Waals surface area contributed by atoms with Crippen molar-refractivity contribution in [3.8, 4) is 0 Å². The summed E-state index contributed by atoms with van der Waals surface area (Å²) >= 11 is 0. The third-order valence-electron chi connectivity index (χ3n) is 3.53. The van der Waals surface area contributed by atoms with Crippen LogP contribution >= 0.6 is 0 Å². The Morgan fingerprint density at radius 1 is 0.792 bits per heavy atom. The molecule has 0 bridgehead atoms. The third kappa shape index (κ3) is 7.08. The van der Waals surface area contributed by atoms with E-state index in [-0.39, 0.29) is 24.7 Å². The Labute approximate surface area is 141 Å². The van der Waals surface area contributed by atoms with E-state index in [2.05, 4.69) is 20.6 Å². The van der Waals surface area contributed by atoms with Crippen LogP contribution in [-0.2, 0) is 22.7 Å². The van der Waals surface area contributed by atoms with Crippen molar-refractivity contribution in [2.75, 3.05) is 13.1 Å². The molecule has 0 fully saturated rings. The van der Waals surface area contributed by atoms with Crippen molar-refractivity contribution >= 4 is 11.8 Å². The molecule has 0 aliphatic heterocycles. The van der Waals surface area contributed by atoms with E-state index in [4.69, 9.17) is 0 Å². The largest absolute Gasteiger partial charge is 0.356 e. The van der Waals surface area contributed by atoms with Crippen LogP contribution in [0.5, 0.6) is 0 Å². The molecule has 2 aromatic rings. The molecule has 0 aliphatic rings. The van der Waals surface area contributed by atoms with Crippen molar-refractivity contribution in [1.82, 2.24) is 29.7 Å². The van der Waals surface area contributed by atoms with Crippen LogP contribution in [0, 0.1) is 0 Å². The highest BCUT2D eigenvalue weighted by atomic mass is 16.2. The van der Waals surface area contributed by atoms with E-state index in [1.807, 2.05) is 21.5 Å². The summed E-state index contributed by atoms with van der Waals surface area (Å²) in [5.74, 6) is -0.177. The van der Waals surface area contributed by atoms with Gasteiger partial charge in [-0.2, -0.15) is 0 Å². The Morgan fingerprint density at radius 2 is 1.25 bits per heavy atom. The molecule has 2 amide bonds. The third-order valence-corrected chi connectivity index (χ3v) is 3.53. The fourth-order valence-corrected chi connectivity index (χ4v) is 2.22. The summed E-state index contributed by atoms with van der Waals surface area (Å²) in [4.78, 5) is 31.3. The normalized spacial score (nSPS) is 10.5. The second-order valence-corrected chi connectivity index (χ2v) is 5.51. The lowest BCUT2D eigenvalue weighted by molar-refractivity contribution is -0.126. The van der Waals surface area contributed by atoms with E-state index < -0.39 is 0 Å². The molecule has 24 heavy (non-hydrogen) atoms. The Bertz CT molecular complexity index is 540. The molecule has 0 saturated heterocycles. The quantitative estimate of drug-likeness (QED) is 0.588. The summed E-state index contributed by atoms with van der Waals surface area (Å²) in [5, 5.41) is 5.65. The van der Waals surface area contributed by atoms with Crippen LogP contribution in [0.25, 0.3) is 0 Å². The minimum absolute atomic E-state index is 0.0887. The maximum atomic E-state index is 11.7. The van der Waals surface area contributed by atoms with Crippen molar-refractivity contribution in [3.05, 3.63) is 37.4 Å². The highest BCUT2D eigenvalue weighted by Gasteiger charge is 2.06. The van der Waals surface area contributed by atoms with Crippen LogP contribution < -0.4 is 10.6 Å². The van der Waals surface area contributed by atoms with E-state index >= 15 is 0 Å². The molecular formula is C16H24N6O2. The van der Waals surface area contributed by atoms with Crippen molar-refractivity contribution in [3.63, 3.8) is 0 Å². The fourth-order valence-electron chi connectivity index (χ4n) is 2.22. The number of carbonyl (C=O) groups excluding carboxylic acids is 2. The molecule has 0 radical (unpaired) electrons. The lowest BCUT2D eigenvalue weighted by atomic mass is 10.2. The molecular weight excluding hydrogens is 308 g/mol. The molecule has 0 atom stereocenters. The van der Waals surface area contributed by atoms with Gasteiger partial charge in [-0.1, -0.05) is 0 Å². The zero-order valence-electron chi connectivity index (χ0n) is 13.7. The second-order valence-electron chi connectivity index (χ2n) is 5.51. The number of aryl methyl sites for hydroxylation is 2. The van der Waals surface area contributed by atoms with E-state index in [1.165, 1.54) is 0 Å². The molecule has 0 aromatic carbocycles. The average molecular weight is 332 g/mol. The van der Waals surface area contributed by atoms with Gasteiger partial charge in [0.2, 0.25) is 11.8 Å². The zero-order valence-corrected chi connectivity index (χ0v) is 13.7. The molecule has 0 spiro atoms. The summed E-state index contributed by atoms with van der Waals surface area (Å²) in [7, 11) is 0. The van der Waals surface area contributed by atoms with Crippen LogP contribution in [0.4, 0.5) is 0 Å². The number of hydrogen-bond acceptors (Lipinski definition) is 4. The Kier molecular flexibility index (Phi) is 7.52. The Balaban J connectivity index is 1.44. The van der Waals surface area contributed by atoms with Gasteiger partial charge in [0.25, 0.3) is 0 Å². The van der Waals surface area contributed by atoms with Gasteiger partial charge in [-0.05, 0) is 12.8 Å². The molecule has 0 unspecified atom stereocenters. The van der Waals surface area contributed by atoms with Gasteiger partial charge in [0.15, 0.2) is 0 Å². The van der Waals surface area contributed by atoms with Gasteiger partial charge in [0.1, 0.15) is 0 Å². The number of carbonyl (C=O) groups is 2. The van der Waals surface area contributed by atoms with Gasteiger partial charge < -0.3 is 19.8 Å². The monoisotopic (exact) mass is 332 g/mol. The van der Waals surface area contributed by atoms with Gasteiger partial charge in [0.05, 0.1) is 12.7 Å². The van der Waals surface area contributed by atoms with Gasteiger partial charge >= 0.3 is 0 Å². The van der Waals surface area contributed by atoms with E-state index in [1.54, 1.807) is 25.0 Å². The standard InChI is InChI=1S/C16H24N6O2/c23-15(19-5-1-9-21-11-7-17-13-21)3-4-16(24)20-6-2-10-22-12-8-18-14-22/h7-8,11-14H,1-6,9-10H2,(H,19,23)(H,20,24). The predicted octanol–water partition coefficient (Wildman–Crippen LogP) is 0.573. The topological polar surface area (TPSA) is 93.8 Å². The first-order valence-corrected chi connectivity index (χ1v) is 8.19. The maximum absolute atomic E-state index is 11.7. The predicted molar refractivity (Wildman–Crippen MR) is 88.9 cm³/mol. The molecule has 0 saturated carbocycles. The van der Waals surface area contributed by atoms with Crippen LogP contribution in [0.15, 0.2) is 37.4 Å². The number of amides is 2. The van der Waals surface area contributed by atoms with Gasteiger partial charge in [-0.15, -0.1) is 0 Å². The second kappa shape index (κ2) is 10.2. The van der Waals surface area contributed by atoms with Crippen molar-refractivity contribution in [1.29, 1.82) is 0 Å². The number of rotatable bonds is 11. The lowest BCUT2D eigenvalue weighted by Crippen LogP contribution is -2.29. The number of nitrogens with one attached hydrogen (secondary N) is 2. The first-order chi connectivity index (χ1) is 11.7. The summed E-state index contributed by atoms with van der Waals surface area (Å²) in [6.07, 6.45) is 12.8. The van der Waals surface area contributed by atoms with Gasteiger partial charge in [-0.25, -0.2) is 9.97 Å². The van der Waals surface area contributed by atoms with Gasteiger partial charge in [0, 0.05) is 63.8 Å². The molecule has 130 valence electrons. The number of hydrogen-bond donors (Lipinski definition) is 2. The SMILES string of the molecule is O=C(CCC(=O)NCCCn1ccnc1)NCCCn1ccnc1. The highest BCUT2D eigenvalue weighted by Crippen LogP contribution is 1.93. The van der Waals surface area contributed by atoms with E-state index in [9.17, 15) is 9.59 Å². The summed E-state index contributed by atoms with van der Waals surface area (Å²) in [6, 6.07) is 0. The first-order valence-electron chi connectivity index (χ1n) is 8.19. The Morgan fingerprint density at radius 3 is 1.62 bits per heavy atom. The van der Waals surface area contributed by atoms with Gasteiger partial charge in [-0.3, -0.25) is 9.59 Å². The van der Waals surface area contributed by atoms with Crippen LogP contribution in [-0.4, -0.2) is 44.0 Å². The molecule has 2 N–H and O–H groups in total. The molecule has 8 nitrogen and oxygen atoms in total. The van der Waals surface area contributed by atoms with Crippen molar-refractivity contribution in [2.45, 2.75) is 38.8 Å². The lowest BCUT2D eigenvalue weighted by Gasteiger charge is -2.07. The minimum Gasteiger partial charge on any atom is -0.356 e. The molecule has 0 aliphatic carbocycles. The minimum atomic E-state index is -0.0887. The fraction of sp³-hybridized carbons (Fsp3) is 0.500. The summed E-state index contributed by atoms with van der Waals surface area (Å²) in [5.41, 5.74) is 0. The Hall–Kier alpha value is -2.64. The average Bonchev–Trinajstić information content (AvgIpc) is 3.27. The maximum Gasteiger partial charge on any atom is 0.220 e. The summed E-state index contributed by atoms with van der Waals surface area (Å²) < 4.78 is 3.92. The molecule has 8 heteroatoms. The number of nitrogens with zero attached hydrogens (tertiary/aromatic N) is 4. The first kappa shape index (κ1) is 17.7. The van der Waals surface area contributed by atoms with Crippen molar-refractivity contribution < 1.29 is 9.59 Å². The van der Waals surface area contributed by atoms with Crippen LogP contribution in [0.2, 0.25) is 0 Å². The van der Waals surface area contributed by atoms with Crippen LogP contribution in [0.1, 0.15) is 25.7 Å². The van der Waals surface area contributed by atoms with E-state index in [0.717, 1.165) is 25.9 Å². The van der Waals surface area contributed by atoms with E-state index in [0.29, 0.717) is 13.1 Å². The molecule has 2 heterocycles. The van der Waals surface area contributed by atoms with Crippen molar-refractivity contribution in [2.24, 2.45) is 0 Å². The number of aromatic nitrogens is 4. The van der Waals surface area contributed by atoms with Crippen LogP contribution in [0.3, 0.4) is 0 Å². The number of imidazole rings is 2. The molecule has 2 aromatic heterocycles. The molecule has 2 rings (SSSR count). The zero-order chi connectivity index (χ0) is 17.0.